The number of rotatable bonds is 1. The van der Waals surface area contributed by atoms with Crippen LogP contribution in [-0.2, 0) is 5.75 Å². The van der Waals surface area contributed by atoms with E-state index in [9.17, 15) is 0 Å². The smallest absolute Gasteiger partial charge is 0.180 e. The molecule has 0 saturated carbocycles. The molecule has 0 aliphatic carbocycles. The van der Waals surface area contributed by atoms with Crippen LogP contribution in [0.2, 0.25) is 5.02 Å². The molecule has 112 valence electrons. The van der Waals surface area contributed by atoms with Crippen LogP contribution in [0.3, 0.4) is 0 Å². The maximum atomic E-state index is 6.64. The third-order valence-corrected chi connectivity index (χ3v) is 6.66. The zero-order valence-corrected chi connectivity index (χ0v) is 14.3. The lowest BCUT2D eigenvalue weighted by atomic mass is 10.2. The van der Waals surface area contributed by atoms with Gasteiger partial charge in [0.1, 0.15) is 5.82 Å². The highest BCUT2D eigenvalue weighted by Crippen LogP contribution is 2.44. The van der Waals surface area contributed by atoms with Crippen molar-refractivity contribution in [2.24, 2.45) is 0 Å². The molecular formula is C17H10ClN3S2. The van der Waals surface area contributed by atoms with Crippen LogP contribution in [0.1, 0.15) is 5.82 Å². The molecule has 6 heteroatoms. The van der Waals surface area contributed by atoms with Crippen molar-refractivity contribution < 1.29 is 0 Å². The Labute approximate surface area is 145 Å². The lowest BCUT2D eigenvalue weighted by Gasteiger charge is -2.18. The molecule has 0 unspecified atom stereocenters. The second-order valence-electron chi connectivity index (χ2n) is 5.27. The van der Waals surface area contributed by atoms with Gasteiger partial charge in [0.15, 0.2) is 5.82 Å². The van der Waals surface area contributed by atoms with Crippen molar-refractivity contribution in [1.29, 1.82) is 0 Å². The van der Waals surface area contributed by atoms with Crippen molar-refractivity contribution in [2.45, 2.75) is 10.6 Å². The molecule has 0 radical (unpaired) electrons. The first-order valence-electron chi connectivity index (χ1n) is 7.17. The average molecular weight is 356 g/mol. The standard InChI is InChI=1S/C17H10ClN3S2/c18-15-10-5-1-3-7-12(10)23-16(15)17-20-19-14-9-22-13-8-4-2-6-11(13)21(14)17/h1-8H,9H2. The fourth-order valence-corrected chi connectivity index (χ4v) is 5.32. The monoisotopic (exact) mass is 355 g/mol. The molecule has 1 aliphatic heterocycles. The summed E-state index contributed by atoms with van der Waals surface area (Å²) in [6, 6.07) is 16.5. The fraction of sp³-hybridized carbons (Fsp3) is 0.0588. The lowest BCUT2D eigenvalue weighted by Crippen LogP contribution is -2.07. The van der Waals surface area contributed by atoms with Crippen molar-refractivity contribution >= 4 is 44.8 Å². The van der Waals surface area contributed by atoms with Crippen molar-refractivity contribution in [2.75, 3.05) is 0 Å². The number of fused-ring (bicyclic) bond motifs is 4. The van der Waals surface area contributed by atoms with Crippen LogP contribution in [-0.4, -0.2) is 14.8 Å². The Balaban J connectivity index is 1.80. The van der Waals surface area contributed by atoms with E-state index in [1.165, 1.54) is 9.60 Å². The lowest BCUT2D eigenvalue weighted by molar-refractivity contribution is 0.923. The Morgan fingerprint density at radius 1 is 1.00 bits per heavy atom. The van der Waals surface area contributed by atoms with E-state index in [4.69, 9.17) is 11.6 Å². The Bertz CT molecular complexity index is 1050. The summed E-state index contributed by atoms with van der Waals surface area (Å²) in [5.74, 6) is 2.63. The summed E-state index contributed by atoms with van der Waals surface area (Å²) in [5, 5.41) is 10.7. The molecule has 0 fully saturated rings. The third-order valence-electron chi connectivity index (χ3n) is 3.93. The minimum absolute atomic E-state index is 0.761. The van der Waals surface area contributed by atoms with E-state index >= 15 is 0 Å². The largest absolute Gasteiger partial charge is 0.276 e. The van der Waals surface area contributed by atoms with E-state index in [1.54, 1.807) is 23.1 Å². The Kier molecular flexibility index (Phi) is 3.01. The summed E-state index contributed by atoms with van der Waals surface area (Å²) in [6.45, 7) is 0. The van der Waals surface area contributed by atoms with Gasteiger partial charge in [-0.2, -0.15) is 0 Å². The van der Waals surface area contributed by atoms with Crippen LogP contribution in [0.15, 0.2) is 53.4 Å². The van der Waals surface area contributed by atoms with Gasteiger partial charge in [-0.15, -0.1) is 33.3 Å². The number of thioether (sulfide) groups is 1. The predicted octanol–water partition coefficient (Wildman–Crippen LogP) is 5.41. The minimum atomic E-state index is 0.761. The van der Waals surface area contributed by atoms with E-state index in [0.717, 1.165) is 38.4 Å². The normalized spacial score (nSPS) is 13.1. The van der Waals surface area contributed by atoms with E-state index in [1.807, 2.05) is 18.2 Å². The molecule has 1 aliphatic rings. The van der Waals surface area contributed by atoms with Gasteiger partial charge in [-0.3, -0.25) is 4.57 Å². The summed E-state index contributed by atoms with van der Waals surface area (Å²) in [7, 11) is 0. The first kappa shape index (κ1) is 13.6. The van der Waals surface area contributed by atoms with Crippen LogP contribution >= 0.6 is 34.7 Å². The first-order chi connectivity index (χ1) is 11.3. The molecule has 0 atom stereocenters. The van der Waals surface area contributed by atoms with Crippen LogP contribution in [0.5, 0.6) is 0 Å². The summed E-state index contributed by atoms with van der Waals surface area (Å²) in [4.78, 5) is 2.23. The number of hydrogen-bond acceptors (Lipinski definition) is 4. The van der Waals surface area contributed by atoms with E-state index in [0.29, 0.717) is 0 Å². The number of benzene rings is 2. The molecule has 4 aromatic rings. The second-order valence-corrected chi connectivity index (χ2v) is 7.72. The Morgan fingerprint density at radius 2 is 1.83 bits per heavy atom. The molecule has 0 amide bonds. The van der Waals surface area contributed by atoms with Crippen molar-refractivity contribution in [3.63, 3.8) is 0 Å². The van der Waals surface area contributed by atoms with Crippen LogP contribution in [0.25, 0.3) is 26.5 Å². The van der Waals surface area contributed by atoms with Crippen LogP contribution < -0.4 is 0 Å². The number of para-hydroxylation sites is 1. The molecule has 0 saturated heterocycles. The van der Waals surface area contributed by atoms with Gasteiger partial charge in [0.25, 0.3) is 0 Å². The zero-order valence-electron chi connectivity index (χ0n) is 11.9. The molecule has 3 heterocycles. The highest BCUT2D eigenvalue weighted by Gasteiger charge is 2.25. The van der Waals surface area contributed by atoms with Crippen molar-refractivity contribution in [3.05, 3.63) is 59.4 Å². The average Bonchev–Trinajstić information content (AvgIpc) is 3.17. The Morgan fingerprint density at radius 3 is 2.74 bits per heavy atom. The number of aromatic nitrogens is 3. The predicted molar refractivity (Wildman–Crippen MR) is 96.7 cm³/mol. The molecule has 0 bridgehead atoms. The maximum Gasteiger partial charge on any atom is 0.180 e. The summed E-state index contributed by atoms with van der Waals surface area (Å²) in [5.41, 5.74) is 1.13. The molecule has 23 heavy (non-hydrogen) atoms. The molecule has 2 aromatic carbocycles. The summed E-state index contributed by atoms with van der Waals surface area (Å²) in [6.07, 6.45) is 0. The highest BCUT2D eigenvalue weighted by molar-refractivity contribution is 7.98. The van der Waals surface area contributed by atoms with Crippen LogP contribution in [0, 0.1) is 0 Å². The molecule has 0 N–H and O–H groups in total. The van der Waals surface area contributed by atoms with Crippen molar-refractivity contribution in [1.82, 2.24) is 14.8 Å². The number of thiophene rings is 1. The third kappa shape index (κ3) is 1.97. The van der Waals surface area contributed by atoms with E-state index < -0.39 is 0 Å². The molecule has 0 spiro atoms. The van der Waals surface area contributed by atoms with Gasteiger partial charge >= 0.3 is 0 Å². The molecular weight excluding hydrogens is 346 g/mol. The highest BCUT2D eigenvalue weighted by atomic mass is 35.5. The van der Waals surface area contributed by atoms with Crippen molar-refractivity contribution in [3.8, 4) is 16.4 Å². The molecule has 2 aromatic heterocycles. The van der Waals surface area contributed by atoms with E-state index in [-0.39, 0.29) is 0 Å². The SMILES string of the molecule is Clc1c(-c2nnc3n2-c2ccccc2SC3)sc2ccccc12. The molecule has 3 nitrogen and oxygen atoms in total. The van der Waals surface area contributed by atoms with Gasteiger partial charge < -0.3 is 0 Å². The van der Waals surface area contributed by atoms with Gasteiger partial charge in [0.05, 0.1) is 21.3 Å². The van der Waals surface area contributed by atoms with Gasteiger partial charge in [-0.05, 0) is 18.2 Å². The van der Waals surface area contributed by atoms with Gasteiger partial charge in [0, 0.05) is 15.0 Å². The topological polar surface area (TPSA) is 30.7 Å². The van der Waals surface area contributed by atoms with Crippen LogP contribution in [0.4, 0.5) is 0 Å². The number of hydrogen-bond donors (Lipinski definition) is 0. The fourth-order valence-electron chi connectivity index (χ4n) is 2.87. The van der Waals surface area contributed by atoms with E-state index in [2.05, 4.69) is 45.1 Å². The second kappa shape index (κ2) is 5.09. The Hall–Kier alpha value is -1.82. The minimum Gasteiger partial charge on any atom is -0.276 e. The maximum absolute atomic E-state index is 6.64. The number of nitrogens with zero attached hydrogens (tertiary/aromatic N) is 3. The summed E-state index contributed by atoms with van der Waals surface area (Å²) < 4.78 is 3.31. The molecule has 5 rings (SSSR count). The van der Waals surface area contributed by atoms with Gasteiger partial charge in [-0.1, -0.05) is 41.9 Å². The summed E-state index contributed by atoms with van der Waals surface area (Å²) >= 11 is 10.1. The quantitative estimate of drug-likeness (QED) is 0.457. The zero-order chi connectivity index (χ0) is 15.4. The van der Waals surface area contributed by atoms with Gasteiger partial charge in [0.2, 0.25) is 0 Å². The first-order valence-corrected chi connectivity index (χ1v) is 9.35. The van der Waals surface area contributed by atoms with Gasteiger partial charge in [-0.25, -0.2) is 0 Å². The number of halogens is 1.